The molecule has 1 atom stereocenters. The average Bonchev–Trinajstić information content (AvgIpc) is 2.32. The standard InChI is InChI=1S/C11H6Cl2F4O2/c1-4-2-3-5(8(14)6(4)12)9(18)7(13)10(19)11(15,16)17/h2-3,7H,1H3. The van der Waals surface area contributed by atoms with E-state index in [0.717, 1.165) is 6.07 Å². The molecular formula is C11H6Cl2F4O2. The molecule has 0 saturated carbocycles. The Morgan fingerprint density at radius 1 is 1.26 bits per heavy atom. The van der Waals surface area contributed by atoms with Crippen molar-refractivity contribution in [2.75, 3.05) is 0 Å². The SMILES string of the molecule is Cc1ccc(C(=O)C(Cl)C(=O)C(F)(F)F)c(F)c1Cl. The Bertz CT molecular complexity index is 540. The van der Waals surface area contributed by atoms with Crippen LogP contribution in [0, 0.1) is 12.7 Å². The first-order valence-electron chi connectivity index (χ1n) is 4.81. The van der Waals surface area contributed by atoms with E-state index in [2.05, 4.69) is 0 Å². The molecule has 1 aromatic carbocycles. The summed E-state index contributed by atoms with van der Waals surface area (Å²) in [5.74, 6) is -5.13. The second-order valence-electron chi connectivity index (χ2n) is 3.65. The third kappa shape index (κ3) is 3.25. The molecule has 1 rings (SSSR count). The molecule has 0 N–H and O–H groups in total. The maximum atomic E-state index is 13.6. The number of carbonyl (C=O) groups excluding carboxylic acids is 2. The molecule has 19 heavy (non-hydrogen) atoms. The van der Waals surface area contributed by atoms with Crippen molar-refractivity contribution in [2.45, 2.75) is 18.5 Å². The number of carbonyl (C=O) groups is 2. The quantitative estimate of drug-likeness (QED) is 0.369. The van der Waals surface area contributed by atoms with Crippen molar-refractivity contribution in [1.29, 1.82) is 0 Å². The normalized spacial score (nSPS) is 13.2. The summed E-state index contributed by atoms with van der Waals surface area (Å²) in [7, 11) is 0. The average molecular weight is 317 g/mol. The van der Waals surface area contributed by atoms with E-state index >= 15 is 0 Å². The van der Waals surface area contributed by atoms with Gasteiger partial charge in [-0.3, -0.25) is 9.59 Å². The number of ketones is 2. The van der Waals surface area contributed by atoms with Crippen molar-refractivity contribution in [1.82, 2.24) is 0 Å². The van der Waals surface area contributed by atoms with E-state index in [-0.39, 0.29) is 0 Å². The van der Waals surface area contributed by atoms with Crippen molar-refractivity contribution in [3.05, 3.63) is 34.1 Å². The van der Waals surface area contributed by atoms with Gasteiger partial charge in [0.1, 0.15) is 0 Å². The topological polar surface area (TPSA) is 34.1 Å². The van der Waals surface area contributed by atoms with Gasteiger partial charge in [-0.05, 0) is 18.6 Å². The maximum absolute atomic E-state index is 13.6. The van der Waals surface area contributed by atoms with E-state index in [0.29, 0.717) is 5.56 Å². The molecule has 0 aliphatic carbocycles. The summed E-state index contributed by atoms with van der Waals surface area (Å²) in [4.78, 5) is 22.4. The minimum Gasteiger partial charge on any atom is -0.292 e. The first-order valence-corrected chi connectivity index (χ1v) is 5.62. The van der Waals surface area contributed by atoms with Crippen LogP contribution in [0.25, 0.3) is 0 Å². The van der Waals surface area contributed by atoms with Gasteiger partial charge in [-0.15, -0.1) is 11.6 Å². The molecule has 0 fully saturated rings. The second-order valence-corrected chi connectivity index (χ2v) is 4.46. The zero-order valence-corrected chi connectivity index (χ0v) is 10.8. The number of halogens is 6. The van der Waals surface area contributed by atoms with Gasteiger partial charge in [0.05, 0.1) is 10.6 Å². The van der Waals surface area contributed by atoms with Gasteiger partial charge in [-0.25, -0.2) is 4.39 Å². The van der Waals surface area contributed by atoms with Gasteiger partial charge in [-0.2, -0.15) is 13.2 Å². The number of Topliss-reactive ketones (excluding diaryl/α,β-unsaturated/α-hetero) is 2. The van der Waals surface area contributed by atoms with Crippen LogP contribution in [0.15, 0.2) is 12.1 Å². The predicted molar refractivity (Wildman–Crippen MR) is 61.2 cm³/mol. The van der Waals surface area contributed by atoms with Crippen LogP contribution in [0.2, 0.25) is 5.02 Å². The molecule has 1 aromatic rings. The van der Waals surface area contributed by atoms with Crippen LogP contribution in [0.3, 0.4) is 0 Å². The maximum Gasteiger partial charge on any atom is 0.452 e. The highest BCUT2D eigenvalue weighted by Crippen LogP contribution is 2.27. The van der Waals surface area contributed by atoms with E-state index in [1.54, 1.807) is 0 Å². The fourth-order valence-electron chi connectivity index (χ4n) is 1.24. The van der Waals surface area contributed by atoms with Gasteiger partial charge in [0.25, 0.3) is 5.78 Å². The molecule has 0 aliphatic heterocycles. The number of hydrogen-bond acceptors (Lipinski definition) is 2. The van der Waals surface area contributed by atoms with Crippen molar-refractivity contribution >= 4 is 34.8 Å². The highest BCUT2D eigenvalue weighted by molar-refractivity contribution is 6.45. The van der Waals surface area contributed by atoms with Gasteiger partial charge in [0, 0.05) is 0 Å². The molecule has 0 bridgehead atoms. The molecule has 0 saturated heterocycles. The number of benzene rings is 1. The number of aryl methyl sites for hydroxylation is 1. The van der Waals surface area contributed by atoms with Crippen LogP contribution in [0.1, 0.15) is 15.9 Å². The largest absolute Gasteiger partial charge is 0.452 e. The molecule has 0 spiro atoms. The van der Waals surface area contributed by atoms with Crippen LogP contribution < -0.4 is 0 Å². The third-order valence-corrected chi connectivity index (χ3v) is 3.14. The summed E-state index contributed by atoms with van der Waals surface area (Å²) in [5.41, 5.74) is -0.461. The van der Waals surface area contributed by atoms with Gasteiger partial charge >= 0.3 is 6.18 Å². The van der Waals surface area contributed by atoms with Gasteiger partial charge in [0.2, 0.25) is 0 Å². The first kappa shape index (κ1) is 15.9. The van der Waals surface area contributed by atoms with Crippen molar-refractivity contribution in [3.8, 4) is 0 Å². The van der Waals surface area contributed by atoms with Gasteiger partial charge < -0.3 is 0 Å². The Morgan fingerprint density at radius 2 is 1.79 bits per heavy atom. The van der Waals surface area contributed by atoms with Gasteiger partial charge in [0.15, 0.2) is 17.0 Å². The number of rotatable bonds is 3. The van der Waals surface area contributed by atoms with Crippen molar-refractivity contribution in [3.63, 3.8) is 0 Å². The Hall–Kier alpha value is -1.14. The predicted octanol–water partition coefficient (Wildman–Crippen LogP) is 3.71. The molecule has 0 amide bonds. The summed E-state index contributed by atoms with van der Waals surface area (Å²) in [5, 5.41) is -2.94. The van der Waals surface area contributed by atoms with E-state index in [1.807, 2.05) is 0 Å². The molecule has 0 radical (unpaired) electrons. The summed E-state index contributed by atoms with van der Waals surface area (Å²) in [6, 6.07) is 2.16. The fraction of sp³-hybridized carbons (Fsp3) is 0.273. The van der Waals surface area contributed by atoms with E-state index in [4.69, 9.17) is 23.2 Å². The molecule has 1 unspecified atom stereocenters. The molecule has 2 nitrogen and oxygen atoms in total. The number of hydrogen-bond donors (Lipinski definition) is 0. The van der Waals surface area contributed by atoms with Crippen LogP contribution in [0.4, 0.5) is 17.6 Å². The lowest BCUT2D eigenvalue weighted by Crippen LogP contribution is -2.36. The Balaban J connectivity index is 3.15. The molecule has 8 heteroatoms. The van der Waals surface area contributed by atoms with Crippen molar-refractivity contribution in [2.24, 2.45) is 0 Å². The lowest BCUT2D eigenvalue weighted by atomic mass is 10.0. The molecule has 104 valence electrons. The van der Waals surface area contributed by atoms with E-state index in [1.165, 1.54) is 13.0 Å². The highest BCUT2D eigenvalue weighted by atomic mass is 35.5. The number of alkyl halides is 4. The highest BCUT2D eigenvalue weighted by Gasteiger charge is 2.46. The molecule has 0 heterocycles. The fourth-order valence-corrected chi connectivity index (χ4v) is 1.64. The van der Waals surface area contributed by atoms with Crippen LogP contribution in [-0.2, 0) is 4.79 Å². The lowest BCUT2D eigenvalue weighted by Gasteiger charge is -2.11. The summed E-state index contributed by atoms with van der Waals surface area (Å²) in [6.45, 7) is 1.44. The smallest absolute Gasteiger partial charge is 0.292 e. The van der Waals surface area contributed by atoms with E-state index in [9.17, 15) is 27.2 Å². The molecule has 0 aliphatic rings. The van der Waals surface area contributed by atoms with Gasteiger partial charge in [-0.1, -0.05) is 17.7 Å². The Morgan fingerprint density at radius 3 is 2.26 bits per heavy atom. The van der Waals surface area contributed by atoms with Crippen LogP contribution in [-0.4, -0.2) is 23.1 Å². The Kier molecular flexibility index (Phi) is 4.58. The zero-order valence-electron chi connectivity index (χ0n) is 9.32. The van der Waals surface area contributed by atoms with Crippen LogP contribution >= 0.6 is 23.2 Å². The minimum atomic E-state index is -5.27. The van der Waals surface area contributed by atoms with E-state index < -0.39 is 39.5 Å². The molecular weight excluding hydrogens is 311 g/mol. The molecule has 0 aromatic heterocycles. The third-order valence-electron chi connectivity index (χ3n) is 2.28. The summed E-state index contributed by atoms with van der Waals surface area (Å²) >= 11 is 10.7. The lowest BCUT2D eigenvalue weighted by molar-refractivity contribution is -0.169. The second kappa shape index (κ2) is 5.46. The summed E-state index contributed by atoms with van der Waals surface area (Å²) in [6.07, 6.45) is -5.27. The Labute approximate surface area is 115 Å². The van der Waals surface area contributed by atoms with Crippen molar-refractivity contribution < 1.29 is 27.2 Å². The minimum absolute atomic E-state index is 0.295. The summed E-state index contributed by atoms with van der Waals surface area (Å²) < 4.78 is 50.0. The first-order chi connectivity index (χ1) is 8.57. The zero-order chi connectivity index (χ0) is 15.0. The monoisotopic (exact) mass is 316 g/mol. The van der Waals surface area contributed by atoms with Crippen LogP contribution in [0.5, 0.6) is 0 Å².